The van der Waals surface area contributed by atoms with Crippen LogP contribution in [0.4, 0.5) is 26.3 Å². The van der Waals surface area contributed by atoms with Gasteiger partial charge in [-0.2, -0.15) is 17.6 Å². The highest BCUT2D eigenvalue weighted by atomic mass is 19.4. The molecular formula is C4H2F6O. The molecule has 2 atom stereocenters. The Labute approximate surface area is 56.9 Å². The fourth-order valence-corrected chi connectivity index (χ4v) is 0.592. The molecule has 7 heteroatoms. The molecule has 0 N–H and O–H groups in total. The molecule has 1 fully saturated rings. The standard InChI is InChI=1S/C4H2F6O/c5-2(6)1-3(7,11-1)4(8,9)10/h1-2H. The van der Waals surface area contributed by atoms with E-state index in [9.17, 15) is 26.3 Å². The maximum absolute atomic E-state index is 12.1. The van der Waals surface area contributed by atoms with Crippen LogP contribution in [0.2, 0.25) is 0 Å². The van der Waals surface area contributed by atoms with Gasteiger partial charge < -0.3 is 4.74 Å². The van der Waals surface area contributed by atoms with E-state index in [1.807, 2.05) is 0 Å². The Morgan fingerprint density at radius 3 is 1.82 bits per heavy atom. The second-order valence-corrected chi connectivity index (χ2v) is 2.02. The summed E-state index contributed by atoms with van der Waals surface area (Å²) in [6, 6.07) is 0. The SMILES string of the molecule is FC(F)C1OC1(F)C(F)(F)F. The van der Waals surface area contributed by atoms with Crippen molar-refractivity contribution in [3.63, 3.8) is 0 Å². The van der Waals surface area contributed by atoms with Crippen LogP contribution in [0.3, 0.4) is 0 Å². The molecule has 0 saturated carbocycles. The van der Waals surface area contributed by atoms with Crippen molar-refractivity contribution in [2.75, 3.05) is 0 Å². The summed E-state index contributed by atoms with van der Waals surface area (Å²) in [4.78, 5) is 0. The maximum Gasteiger partial charge on any atom is 0.451 e. The Kier molecular flexibility index (Phi) is 1.59. The zero-order valence-electron chi connectivity index (χ0n) is 4.83. The molecule has 1 aliphatic rings. The third-order valence-corrected chi connectivity index (χ3v) is 1.22. The highest BCUT2D eigenvalue weighted by molar-refractivity contribution is 5.00. The molecule has 0 bridgehead atoms. The fraction of sp³-hybridized carbons (Fsp3) is 1.00. The van der Waals surface area contributed by atoms with E-state index in [0.29, 0.717) is 0 Å². The Morgan fingerprint density at radius 2 is 1.73 bits per heavy atom. The number of epoxide rings is 1. The van der Waals surface area contributed by atoms with Crippen molar-refractivity contribution < 1.29 is 31.1 Å². The predicted molar refractivity (Wildman–Crippen MR) is 20.8 cm³/mol. The van der Waals surface area contributed by atoms with Crippen LogP contribution < -0.4 is 0 Å². The monoisotopic (exact) mass is 180 g/mol. The molecule has 0 radical (unpaired) electrons. The normalized spacial score (nSPS) is 37.9. The van der Waals surface area contributed by atoms with E-state index in [-0.39, 0.29) is 0 Å². The van der Waals surface area contributed by atoms with Crippen molar-refractivity contribution in [3.05, 3.63) is 0 Å². The summed E-state index contributed by atoms with van der Waals surface area (Å²) in [6.45, 7) is 0. The maximum atomic E-state index is 12.1. The topological polar surface area (TPSA) is 12.5 Å². The number of ether oxygens (including phenoxy) is 1. The van der Waals surface area contributed by atoms with Crippen LogP contribution in [-0.2, 0) is 4.74 Å². The summed E-state index contributed by atoms with van der Waals surface area (Å²) in [7, 11) is 0. The summed E-state index contributed by atoms with van der Waals surface area (Å²) in [5, 5.41) is 0. The van der Waals surface area contributed by atoms with Crippen molar-refractivity contribution in [2.24, 2.45) is 0 Å². The first-order valence-electron chi connectivity index (χ1n) is 2.50. The number of hydrogen-bond donors (Lipinski definition) is 0. The first-order chi connectivity index (χ1) is 4.79. The van der Waals surface area contributed by atoms with Crippen LogP contribution in [0.1, 0.15) is 0 Å². The van der Waals surface area contributed by atoms with Crippen LogP contribution in [0.15, 0.2) is 0 Å². The highest BCUT2D eigenvalue weighted by Crippen LogP contribution is 2.52. The van der Waals surface area contributed by atoms with Gasteiger partial charge in [0.1, 0.15) is 0 Å². The minimum Gasteiger partial charge on any atom is -0.321 e. The van der Waals surface area contributed by atoms with E-state index >= 15 is 0 Å². The van der Waals surface area contributed by atoms with E-state index in [4.69, 9.17) is 0 Å². The van der Waals surface area contributed by atoms with Crippen LogP contribution in [0.25, 0.3) is 0 Å². The minimum atomic E-state index is -5.37. The van der Waals surface area contributed by atoms with Gasteiger partial charge in [0.05, 0.1) is 0 Å². The van der Waals surface area contributed by atoms with E-state index in [2.05, 4.69) is 4.74 Å². The lowest BCUT2D eigenvalue weighted by Crippen LogP contribution is -2.32. The third-order valence-electron chi connectivity index (χ3n) is 1.22. The second-order valence-electron chi connectivity index (χ2n) is 2.02. The third kappa shape index (κ3) is 1.17. The lowest BCUT2D eigenvalue weighted by molar-refractivity contribution is -0.225. The predicted octanol–water partition coefficient (Wildman–Crippen LogP) is 1.88. The molecule has 2 unspecified atom stereocenters. The largest absolute Gasteiger partial charge is 0.451 e. The van der Waals surface area contributed by atoms with Gasteiger partial charge in [-0.15, -0.1) is 0 Å². The second kappa shape index (κ2) is 2.02. The zero-order chi connectivity index (χ0) is 8.86. The molecule has 1 saturated heterocycles. The van der Waals surface area contributed by atoms with Gasteiger partial charge in [-0.05, 0) is 0 Å². The molecule has 0 aromatic carbocycles. The minimum absolute atomic E-state index is 2.65. The van der Waals surface area contributed by atoms with Crippen LogP contribution >= 0.6 is 0 Å². The summed E-state index contributed by atoms with van der Waals surface area (Å²) in [6.07, 6.45) is -11.5. The van der Waals surface area contributed by atoms with E-state index in [0.717, 1.165) is 0 Å². The molecule has 1 nitrogen and oxygen atoms in total. The van der Waals surface area contributed by atoms with Crippen molar-refractivity contribution in [2.45, 2.75) is 24.6 Å². The quantitative estimate of drug-likeness (QED) is 0.443. The summed E-state index contributed by atoms with van der Waals surface area (Å²) in [5.74, 6) is -4.12. The lowest BCUT2D eigenvalue weighted by Gasteiger charge is -2.06. The molecule has 11 heavy (non-hydrogen) atoms. The molecular weight excluding hydrogens is 178 g/mol. The number of halogens is 6. The van der Waals surface area contributed by atoms with E-state index < -0.39 is 24.6 Å². The summed E-state index contributed by atoms with van der Waals surface area (Å²) >= 11 is 0. The molecule has 0 amide bonds. The molecule has 0 aromatic rings. The van der Waals surface area contributed by atoms with Gasteiger partial charge in [-0.25, -0.2) is 8.78 Å². The first kappa shape index (κ1) is 8.63. The van der Waals surface area contributed by atoms with Crippen molar-refractivity contribution in [3.8, 4) is 0 Å². The molecule has 0 aliphatic carbocycles. The van der Waals surface area contributed by atoms with E-state index in [1.165, 1.54) is 0 Å². The Morgan fingerprint density at radius 1 is 1.27 bits per heavy atom. The zero-order valence-corrected chi connectivity index (χ0v) is 4.83. The van der Waals surface area contributed by atoms with Crippen molar-refractivity contribution in [1.29, 1.82) is 0 Å². The summed E-state index contributed by atoms with van der Waals surface area (Å²) in [5.41, 5.74) is 0. The fourth-order valence-electron chi connectivity index (χ4n) is 0.592. The molecule has 1 rings (SSSR count). The van der Waals surface area contributed by atoms with Gasteiger partial charge in [0.25, 0.3) is 6.43 Å². The van der Waals surface area contributed by atoms with Gasteiger partial charge in [0.2, 0.25) is 0 Å². The van der Waals surface area contributed by atoms with Crippen LogP contribution in [0.5, 0.6) is 0 Å². The average Bonchev–Trinajstić information content (AvgIpc) is 2.40. The van der Waals surface area contributed by atoms with Crippen molar-refractivity contribution in [1.82, 2.24) is 0 Å². The highest BCUT2D eigenvalue weighted by Gasteiger charge is 2.78. The van der Waals surface area contributed by atoms with Gasteiger partial charge in [0.15, 0.2) is 6.10 Å². The van der Waals surface area contributed by atoms with Gasteiger partial charge in [-0.1, -0.05) is 0 Å². The molecule has 66 valence electrons. The number of rotatable bonds is 1. The van der Waals surface area contributed by atoms with Crippen LogP contribution in [0, 0.1) is 0 Å². The van der Waals surface area contributed by atoms with Crippen molar-refractivity contribution >= 4 is 0 Å². The molecule has 0 aromatic heterocycles. The average molecular weight is 180 g/mol. The Balaban J connectivity index is 2.63. The number of hydrogen-bond acceptors (Lipinski definition) is 1. The number of alkyl halides is 6. The lowest BCUT2D eigenvalue weighted by atomic mass is 10.3. The molecule has 1 heterocycles. The van der Waals surface area contributed by atoms with Crippen LogP contribution in [-0.4, -0.2) is 24.6 Å². The van der Waals surface area contributed by atoms with Gasteiger partial charge >= 0.3 is 12.0 Å². The molecule has 1 aliphatic heterocycles. The summed E-state index contributed by atoms with van der Waals surface area (Å²) < 4.78 is 72.3. The Bertz CT molecular complexity index is 164. The smallest absolute Gasteiger partial charge is 0.321 e. The van der Waals surface area contributed by atoms with Gasteiger partial charge in [0, 0.05) is 0 Å². The van der Waals surface area contributed by atoms with E-state index in [1.54, 1.807) is 0 Å². The van der Waals surface area contributed by atoms with Gasteiger partial charge in [-0.3, -0.25) is 0 Å². The first-order valence-corrected chi connectivity index (χ1v) is 2.50. The molecule has 0 spiro atoms. The Hall–Kier alpha value is -0.460.